The van der Waals surface area contributed by atoms with Crippen LogP contribution in [0.2, 0.25) is 0 Å². The molecule has 0 spiro atoms. The first kappa shape index (κ1) is 11.9. The zero-order chi connectivity index (χ0) is 12.3. The molecule has 1 aromatic carbocycles. The van der Waals surface area contributed by atoms with E-state index in [-0.39, 0.29) is 0 Å². The van der Waals surface area contributed by atoms with Crippen molar-refractivity contribution in [3.63, 3.8) is 0 Å². The van der Waals surface area contributed by atoms with Crippen LogP contribution in [0.15, 0.2) is 35.9 Å². The van der Waals surface area contributed by atoms with E-state index in [4.69, 9.17) is 0 Å². The van der Waals surface area contributed by atoms with Crippen molar-refractivity contribution in [3.8, 4) is 0 Å². The van der Waals surface area contributed by atoms with Crippen molar-refractivity contribution >= 4 is 12.0 Å². The molecule has 0 atom stereocenters. The molecule has 90 valence electrons. The van der Waals surface area contributed by atoms with Crippen LogP contribution in [0.4, 0.5) is 0 Å². The van der Waals surface area contributed by atoms with Gasteiger partial charge in [0.25, 0.3) is 0 Å². The van der Waals surface area contributed by atoms with Crippen molar-refractivity contribution in [1.82, 2.24) is 0 Å². The van der Waals surface area contributed by atoms with Gasteiger partial charge in [-0.2, -0.15) is 0 Å². The minimum Gasteiger partial charge on any atom is -0.481 e. The fraction of sp³-hybridized carbons (Fsp3) is 0.400. The first-order valence-corrected chi connectivity index (χ1v) is 6.12. The molecule has 0 aliphatic heterocycles. The molecule has 2 rings (SSSR count). The van der Waals surface area contributed by atoms with Gasteiger partial charge in [0.15, 0.2) is 0 Å². The summed E-state index contributed by atoms with van der Waals surface area (Å²) in [6, 6.07) is 9.93. The Balaban J connectivity index is 2.32. The fourth-order valence-corrected chi connectivity index (χ4v) is 2.69. The van der Waals surface area contributed by atoms with Crippen molar-refractivity contribution in [3.05, 3.63) is 41.5 Å². The predicted molar refractivity (Wildman–Crippen MR) is 68.6 cm³/mol. The number of benzene rings is 1. The lowest BCUT2D eigenvalue weighted by molar-refractivity contribution is -0.146. The molecule has 0 heterocycles. The molecule has 0 aromatic heterocycles. The Kier molecular flexibility index (Phi) is 3.32. The van der Waals surface area contributed by atoms with E-state index in [1.807, 2.05) is 43.3 Å². The maximum Gasteiger partial charge on any atom is 0.313 e. The van der Waals surface area contributed by atoms with Crippen molar-refractivity contribution in [2.45, 2.75) is 32.6 Å². The van der Waals surface area contributed by atoms with Gasteiger partial charge in [-0.3, -0.25) is 4.79 Å². The van der Waals surface area contributed by atoms with Gasteiger partial charge in [-0.25, -0.2) is 0 Å². The van der Waals surface area contributed by atoms with Gasteiger partial charge in [0.2, 0.25) is 0 Å². The number of rotatable bonds is 3. The smallest absolute Gasteiger partial charge is 0.313 e. The minimum absolute atomic E-state index is 0.615. The molecule has 1 aliphatic rings. The molecule has 1 aromatic rings. The quantitative estimate of drug-likeness (QED) is 0.859. The second kappa shape index (κ2) is 4.74. The average Bonchev–Trinajstić information content (AvgIpc) is 2.80. The molecule has 0 unspecified atom stereocenters. The van der Waals surface area contributed by atoms with Crippen LogP contribution < -0.4 is 0 Å². The Labute approximate surface area is 102 Å². The van der Waals surface area contributed by atoms with Crippen molar-refractivity contribution in [1.29, 1.82) is 0 Å². The van der Waals surface area contributed by atoms with Crippen LogP contribution in [0.3, 0.4) is 0 Å². The molecule has 17 heavy (non-hydrogen) atoms. The fourth-order valence-electron chi connectivity index (χ4n) is 2.69. The summed E-state index contributed by atoms with van der Waals surface area (Å²) < 4.78 is 0. The Morgan fingerprint density at radius 1 is 1.24 bits per heavy atom. The average molecular weight is 230 g/mol. The van der Waals surface area contributed by atoms with E-state index >= 15 is 0 Å². The molecule has 2 heteroatoms. The van der Waals surface area contributed by atoms with Crippen LogP contribution in [-0.2, 0) is 4.79 Å². The number of aliphatic carboxylic acids is 1. The van der Waals surface area contributed by atoms with E-state index in [0.717, 1.165) is 36.8 Å². The molecular weight excluding hydrogens is 212 g/mol. The van der Waals surface area contributed by atoms with Crippen LogP contribution in [0.5, 0.6) is 0 Å². The maximum atomic E-state index is 11.5. The zero-order valence-corrected chi connectivity index (χ0v) is 10.1. The Morgan fingerprint density at radius 2 is 1.82 bits per heavy atom. The van der Waals surface area contributed by atoms with E-state index in [2.05, 4.69) is 0 Å². The topological polar surface area (TPSA) is 37.3 Å². The molecule has 0 radical (unpaired) electrons. The van der Waals surface area contributed by atoms with Gasteiger partial charge < -0.3 is 5.11 Å². The van der Waals surface area contributed by atoms with E-state index in [1.54, 1.807) is 0 Å². The molecule has 2 nitrogen and oxygen atoms in total. The highest BCUT2D eigenvalue weighted by Crippen LogP contribution is 2.44. The lowest BCUT2D eigenvalue weighted by atomic mass is 9.78. The molecule has 0 amide bonds. The molecule has 1 N–H and O–H groups in total. The van der Waals surface area contributed by atoms with Gasteiger partial charge in [0.05, 0.1) is 5.41 Å². The highest BCUT2D eigenvalue weighted by atomic mass is 16.4. The number of carboxylic acids is 1. The second-order valence-corrected chi connectivity index (χ2v) is 4.83. The molecule has 0 saturated heterocycles. The van der Waals surface area contributed by atoms with Gasteiger partial charge in [0.1, 0.15) is 0 Å². The van der Waals surface area contributed by atoms with Gasteiger partial charge in [0, 0.05) is 0 Å². The predicted octanol–water partition coefficient (Wildman–Crippen LogP) is 3.73. The van der Waals surface area contributed by atoms with Crippen LogP contribution in [0.1, 0.15) is 38.2 Å². The SMILES string of the molecule is C/C(=C/c1ccccc1)C1(C(=O)O)CCCC1. The largest absolute Gasteiger partial charge is 0.481 e. The Morgan fingerprint density at radius 3 is 2.35 bits per heavy atom. The number of carboxylic acid groups (broad SMARTS) is 1. The van der Waals surface area contributed by atoms with E-state index in [1.165, 1.54) is 0 Å². The van der Waals surface area contributed by atoms with E-state index in [0.29, 0.717) is 0 Å². The summed E-state index contributed by atoms with van der Waals surface area (Å²) in [6.45, 7) is 1.95. The molecule has 1 aliphatic carbocycles. The standard InChI is InChI=1S/C15H18O2/c1-12(11-13-7-3-2-4-8-13)15(14(16)17)9-5-6-10-15/h2-4,7-8,11H,5-6,9-10H2,1H3,(H,16,17)/b12-11-. The summed E-state index contributed by atoms with van der Waals surface area (Å²) in [6.07, 6.45) is 5.60. The maximum absolute atomic E-state index is 11.5. The van der Waals surface area contributed by atoms with Crippen molar-refractivity contribution in [2.24, 2.45) is 5.41 Å². The highest BCUT2D eigenvalue weighted by molar-refractivity contribution is 5.81. The molecular formula is C15H18O2. The summed E-state index contributed by atoms with van der Waals surface area (Å²) in [5.74, 6) is -0.667. The van der Waals surface area contributed by atoms with Gasteiger partial charge in [-0.1, -0.05) is 54.8 Å². The summed E-state index contributed by atoms with van der Waals surface area (Å²) in [7, 11) is 0. The first-order chi connectivity index (χ1) is 8.15. The Hall–Kier alpha value is -1.57. The Bertz CT molecular complexity index is 425. The third-order valence-electron chi connectivity index (χ3n) is 3.80. The van der Waals surface area contributed by atoms with Crippen LogP contribution in [-0.4, -0.2) is 11.1 Å². The zero-order valence-electron chi connectivity index (χ0n) is 10.1. The number of hydrogen-bond acceptors (Lipinski definition) is 1. The van der Waals surface area contributed by atoms with Crippen LogP contribution >= 0.6 is 0 Å². The molecule has 1 fully saturated rings. The summed E-state index contributed by atoms with van der Waals surface area (Å²) in [5.41, 5.74) is 1.45. The normalized spacial score (nSPS) is 19.2. The second-order valence-electron chi connectivity index (χ2n) is 4.83. The van der Waals surface area contributed by atoms with E-state index in [9.17, 15) is 9.90 Å². The summed E-state index contributed by atoms with van der Waals surface area (Å²) in [4.78, 5) is 11.5. The number of carbonyl (C=O) groups is 1. The van der Waals surface area contributed by atoms with Crippen molar-refractivity contribution < 1.29 is 9.90 Å². The van der Waals surface area contributed by atoms with Gasteiger partial charge >= 0.3 is 5.97 Å². The summed E-state index contributed by atoms with van der Waals surface area (Å²) in [5, 5.41) is 9.47. The lowest BCUT2D eigenvalue weighted by Crippen LogP contribution is -2.28. The van der Waals surface area contributed by atoms with Gasteiger partial charge in [-0.05, 0) is 25.3 Å². The third-order valence-corrected chi connectivity index (χ3v) is 3.80. The first-order valence-electron chi connectivity index (χ1n) is 6.12. The van der Waals surface area contributed by atoms with Crippen LogP contribution in [0.25, 0.3) is 6.08 Å². The number of hydrogen-bond donors (Lipinski definition) is 1. The summed E-state index contributed by atoms with van der Waals surface area (Å²) >= 11 is 0. The minimum atomic E-state index is -0.667. The monoisotopic (exact) mass is 230 g/mol. The van der Waals surface area contributed by atoms with E-state index < -0.39 is 11.4 Å². The van der Waals surface area contributed by atoms with Gasteiger partial charge in [-0.15, -0.1) is 0 Å². The highest BCUT2D eigenvalue weighted by Gasteiger charge is 2.42. The molecule has 0 bridgehead atoms. The lowest BCUT2D eigenvalue weighted by Gasteiger charge is -2.25. The van der Waals surface area contributed by atoms with Crippen LogP contribution in [0, 0.1) is 5.41 Å². The van der Waals surface area contributed by atoms with Crippen molar-refractivity contribution in [2.75, 3.05) is 0 Å². The molecule has 1 saturated carbocycles. The third kappa shape index (κ3) is 2.26.